The molecule has 0 N–H and O–H groups in total. The monoisotopic (exact) mass is 877 g/mol. The molecular formula is C56H51N11. The highest BCUT2D eigenvalue weighted by Gasteiger charge is 2.21. The molecule has 0 aliphatic carbocycles. The van der Waals surface area contributed by atoms with Gasteiger partial charge in [-0.15, -0.1) is 13.2 Å². The summed E-state index contributed by atoms with van der Waals surface area (Å²) < 4.78 is 4.52. The SMILES string of the molecule is C/C=C\C.C=C.C=CC=NC.Cc1nc(C)nc(-c2ccc3c(c2)c2ccccc2n3-c2ccc(C#N)c(-c3cnccc3-n3c4ccccc4c4cc(-c5nc(C)nc(C)n5)ccc43)c2)n1. The Hall–Kier alpha value is -8.75. The van der Waals surface area contributed by atoms with E-state index >= 15 is 0 Å². The number of para-hydroxylation sites is 2. The van der Waals surface area contributed by atoms with E-state index in [0.29, 0.717) is 40.5 Å². The second-order valence-electron chi connectivity index (χ2n) is 15.2. The van der Waals surface area contributed by atoms with Gasteiger partial charge in [-0.2, -0.15) is 5.26 Å². The summed E-state index contributed by atoms with van der Waals surface area (Å²) in [7, 11) is 1.71. The molecule has 10 aromatic rings. The first-order chi connectivity index (χ1) is 32.7. The number of aliphatic imine (C=N–C) groups is 1. The topological polar surface area (TPSA) is 136 Å². The van der Waals surface area contributed by atoms with E-state index in [2.05, 4.69) is 166 Å². The quantitative estimate of drug-likeness (QED) is 0.119. The molecule has 5 heterocycles. The van der Waals surface area contributed by atoms with Gasteiger partial charge in [0.2, 0.25) is 0 Å². The standard InChI is InChI=1S/C46H32N10.C4H7N.C4H8.C2H4/c1-26-49-27(2)52-45(51-26)30-14-17-42-37(21-30)34-9-5-7-11-40(34)55(42)33-16-13-32(24-47)36(23-33)39-25-48-20-19-44(39)56-41-12-8-6-10-35(41)38-22-31(15-18-43(38)56)46-53-28(3)50-29(4)54-46;1-3-4-5-2;1-3-4-2;1-2/h5-23,25H,1-4H3;3-4H,1H2,2H3;3-4H,1-2H3;1-2H2/b;;4-3-;. The maximum absolute atomic E-state index is 10.5. The number of nitriles is 1. The molecule has 0 spiro atoms. The predicted octanol–water partition coefficient (Wildman–Crippen LogP) is 13.0. The molecule has 11 heteroatoms. The van der Waals surface area contributed by atoms with E-state index in [-0.39, 0.29) is 0 Å². The third kappa shape index (κ3) is 9.41. The lowest BCUT2D eigenvalue weighted by Gasteiger charge is -2.16. The Morgan fingerprint density at radius 3 is 1.54 bits per heavy atom. The molecule has 0 atom stereocenters. The van der Waals surface area contributed by atoms with Gasteiger partial charge in [0, 0.05) is 75.1 Å². The van der Waals surface area contributed by atoms with Crippen LogP contribution in [0.4, 0.5) is 0 Å². The van der Waals surface area contributed by atoms with Crippen LogP contribution in [-0.4, -0.2) is 57.3 Å². The van der Waals surface area contributed by atoms with Gasteiger partial charge in [-0.05, 0) is 114 Å². The van der Waals surface area contributed by atoms with Crippen molar-refractivity contribution in [2.45, 2.75) is 41.5 Å². The van der Waals surface area contributed by atoms with E-state index in [4.69, 9.17) is 0 Å². The van der Waals surface area contributed by atoms with Gasteiger partial charge in [-0.25, -0.2) is 29.9 Å². The van der Waals surface area contributed by atoms with Gasteiger partial charge in [0.1, 0.15) is 23.3 Å². The molecule has 330 valence electrons. The van der Waals surface area contributed by atoms with Crippen molar-refractivity contribution in [1.82, 2.24) is 44.0 Å². The third-order valence-corrected chi connectivity index (χ3v) is 10.9. The number of hydrogen-bond donors (Lipinski definition) is 0. The van der Waals surface area contributed by atoms with Crippen LogP contribution in [0.2, 0.25) is 0 Å². The Labute approximate surface area is 391 Å². The second-order valence-corrected chi connectivity index (χ2v) is 15.2. The summed E-state index contributed by atoms with van der Waals surface area (Å²) in [5, 5.41) is 14.9. The number of hydrogen-bond acceptors (Lipinski definition) is 9. The fraction of sp³-hybridized carbons (Fsp3) is 0.125. The lowest BCUT2D eigenvalue weighted by molar-refractivity contribution is 0.928. The minimum absolute atomic E-state index is 0.551. The van der Waals surface area contributed by atoms with E-state index in [0.717, 1.165) is 77.2 Å². The van der Waals surface area contributed by atoms with Gasteiger partial charge in [-0.1, -0.05) is 61.2 Å². The van der Waals surface area contributed by atoms with Crippen LogP contribution in [0.25, 0.3) is 88.9 Å². The maximum atomic E-state index is 10.5. The van der Waals surface area contributed by atoms with Crippen molar-refractivity contribution in [2.24, 2.45) is 4.99 Å². The van der Waals surface area contributed by atoms with E-state index < -0.39 is 0 Å². The number of nitrogens with zero attached hydrogens (tertiary/aromatic N) is 11. The normalized spacial score (nSPS) is 11.0. The average molecular weight is 878 g/mol. The first-order valence-electron chi connectivity index (χ1n) is 21.7. The minimum atomic E-state index is 0.551. The molecule has 0 saturated carbocycles. The molecule has 0 amide bonds. The van der Waals surface area contributed by atoms with Crippen LogP contribution in [0.3, 0.4) is 0 Å². The molecule has 5 aromatic carbocycles. The second kappa shape index (κ2) is 20.8. The van der Waals surface area contributed by atoms with E-state index in [1.54, 1.807) is 25.5 Å². The van der Waals surface area contributed by atoms with Gasteiger partial charge in [0.15, 0.2) is 11.6 Å². The summed E-state index contributed by atoms with van der Waals surface area (Å²) in [4.78, 5) is 35.5. The van der Waals surface area contributed by atoms with Crippen LogP contribution in [0.1, 0.15) is 42.7 Å². The first kappa shape index (κ1) is 46.2. The average Bonchev–Trinajstić information content (AvgIpc) is 3.86. The van der Waals surface area contributed by atoms with Crippen LogP contribution >= 0.6 is 0 Å². The Morgan fingerprint density at radius 1 is 0.567 bits per heavy atom. The van der Waals surface area contributed by atoms with E-state index in [1.807, 2.05) is 78.1 Å². The lowest BCUT2D eigenvalue weighted by atomic mass is 9.99. The fourth-order valence-corrected chi connectivity index (χ4v) is 8.14. The van der Waals surface area contributed by atoms with Gasteiger partial charge in [0.25, 0.3) is 0 Å². The van der Waals surface area contributed by atoms with Crippen molar-refractivity contribution < 1.29 is 0 Å². The highest BCUT2D eigenvalue weighted by molar-refractivity contribution is 6.12. The van der Waals surface area contributed by atoms with Crippen LogP contribution in [0.5, 0.6) is 0 Å². The molecule has 0 saturated heterocycles. The van der Waals surface area contributed by atoms with Crippen molar-refractivity contribution in [3.8, 4) is 51.3 Å². The number of aryl methyl sites for hydroxylation is 4. The first-order valence-corrected chi connectivity index (χ1v) is 21.7. The van der Waals surface area contributed by atoms with Crippen LogP contribution < -0.4 is 0 Å². The molecule has 0 aliphatic rings. The van der Waals surface area contributed by atoms with E-state index in [1.165, 1.54) is 0 Å². The summed E-state index contributed by atoms with van der Waals surface area (Å²) in [6.45, 7) is 20.9. The summed E-state index contributed by atoms with van der Waals surface area (Å²) in [6, 6.07) is 40.0. The summed E-state index contributed by atoms with van der Waals surface area (Å²) >= 11 is 0. The molecule has 10 rings (SSSR count). The zero-order valence-electron chi connectivity index (χ0n) is 38.9. The van der Waals surface area contributed by atoms with Crippen molar-refractivity contribution >= 4 is 49.8 Å². The maximum Gasteiger partial charge on any atom is 0.163 e. The Kier molecular flexibility index (Phi) is 14.4. The summed E-state index contributed by atoms with van der Waals surface area (Å²) in [5.41, 5.74) is 9.97. The largest absolute Gasteiger partial charge is 0.309 e. The predicted molar refractivity (Wildman–Crippen MR) is 276 cm³/mol. The molecule has 11 nitrogen and oxygen atoms in total. The van der Waals surface area contributed by atoms with Gasteiger partial charge >= 0.3 is 0 Å². The van der Waals surface area contributed by atoms with Crippen molar-refractivity contribution in [3.63, 3.8) is 0 Å². The molecule has 5 aromatic heterocycles. The number of pyridine rings is 1. The number of benzene rings is 5. The fourth-order valence-electron chi connectivity index (χ4n) is 8.14. The lowest BCUT2D eigenvalue weighted by Crippen LogP contribution is -2.01. The molecule has 0 radical (unpaired) electrons. The van der Waals surface area contributed by atoms with Crippen LogP contribution in [0, 0.1) is 39.0 Å². The molecule has 67 heavy (non-hydrogen) atoms. The molecular weight excluding hydrogens is 827 g/mol. The molecule has 0 bridgehead atoms. The Balaban J connectivity index is 0.000000551. The summed E-state index contributed by atoms with van der Waals surface area (Å²) in [5.74, 6) is 4.03. The highest BCUT2D eigenvalue weighted by atomic mass is 15.0. The number of rotatable bonds is 6. The molecule has 0 unspecified atom stereocenters. The molecule has 0 fully saturated rings. The van der Waals surface area contributed by atoms with Crippen LogP contribution in [0.15, 0.2) is 165 Å². The highest BCUT2D eigenvalue weighted by Crippen LogP contribution is 2.40. The van der Waals surface area contributed by atoms with Gasteiger partial charge < -0.3 is 9.13 Å². The van der Waals surface area contributed by atoms with Crippen molar-refractivity contribution in [3.05, 3.63) is 188 Å². The van der Waals surface area contributed by atoms with Crippen molar-refractivity contribution in [1.29, 1.82) is 5.26 Å². The summed E-state index contributed by atoms with van der Waals surface area (Å²) in [6.07, 6.45) is 10.9. The van der Waals surface area contributed by atoms with Crippen LogP contribution in [-0.2, 0) is 0 Å². The number of aromatic nitrogens is 9. The molecule has 0 aliphatic heterocycles. The Bertz CT molecular complexity index is 3490. The number of fused-ring (bicyclic) bond motifs is 6. The zero-order valence-corrected chi connectivity index (χ0v) is 38.9. The van der Waals surface area contributed by atoms with Gasteiger partial charge in [0.05, 0.1) is 39.4 Å². The zero-order chi connectivity index (χ0) is 47.6. The third-order valence-electron chi connectivity index (χ3n) is 10.9. The van der Waals surface area contributed by atoms with Crippen molar-refractivity contribution in [2.75, 3.05) is 7.05 Å². The smallest absolute Gasteiger partial charge is 0.163 e. The minimum Gasteiger partial charge on any atom is -0.309 e. The number of allylic oxidation sites excluding steroid dienone is 3. The van der Waals surface area contributed by atoms with Gasteiger partial charge in [-0.3, -0.25) is 9.98 Å². The van der Waals surface area contributed by atoms with E-state index in [9.17, 15) is 5.26 Å². The Morgan fingerprint density at radius 2 is 1.06 bits per heavy atom.